The number of hydrogen-bond donors (Lipinski definition) is 2. The second-order valence-corrected chi connectivity index (χ2v) is 9.76. The first-order chi connectivity index (χ1) is 13.0. The van der Waals surface area contributed by atoms with Crippen LogP contribution in [0.1, 0.15) is 23.5 Å². The molecule has 2 aliphatic heterocycles. The third kappa shape index (κ3) is 4.06. The van der Waals surface area contributed by atoms with Crippen LogP contribution in [0.4, 0.5) is 0 Å². The van der Waals surface area contributed by atoms with Crippen LogP contribution >= 0.6 is 0 Å². The lowest BCUT2D eigenvalue weighted by Crippen LogP contribution is -3.20. The number of quaternary nitrogens is 1. The van der Waals surface area contributed by atoms with Gasteiger partial charge >= 0.3 is 0 Å². The number of fused-ring (bicyclic) bond motifs is 1. The summed E-state index contributed by atoms with van der Waals surface area (Å²) < 4.78 is 24.1. The van der Waals surface area contributed by atoms with Gasteiger partial charge in [0.05, 0.1) is 18.3 Å². The first kappa shape index (κ1) is 18.2. The average Bonchev–Trinajstić information content (AvgIpc) is 2.97. The molecule has 27 heavy (non-hydrogen) atoms. The second kappa shape index (κ2) is 7.44. The molecule has 1 unspecified atom stereocenters. The Morgan fingerprint density at radius 1 is 0.963 bits per heavy atom. The van der Waals surface area contributed by atoms with Gasteiger partial charge in [0.1, 0.15) is 11.8 Å². The van der Waals surface area contributed by atoms with Gasteiger partial charge in [0.15, 0.2) is 16.4 Å². The van der Waals surface area contributed by atoms with E-state index in [4.69, 9.17) is 0 Å². The molecule has 2 N–H and O–H groups in total. The number of piperazine rings is 1. The van der Waals surface area contributed by atoms with E-state index in [0.29, 0.717) is 6.54 Å². The summed E-state index contributed by atoms with van der Waals surface area (Å²) in [5.74, 6) is 0.447. The quantitative estimate of drug-likeness (QED) is 0.782. The Morgan fingerprint density at radius 3 is 2.15 bits per heavy atom. The van der Waals surface area contributed by atoms with Crippen molar-refractivity contribution in [2.75, 3.05) is 24.6 Å². The van der Waals surface area contributed by atoms with Crippen molar-refractivity contribution >= 4 is 15.7 Å². The normalized spacial score (nSPS) is 26.6. The van der Waals surface area contributed by atoms with Crippen LogP contribution in [0, 0.1) is 0 Å². The van der Waals surface area contributed by atoms with Crippen LogP contribution in [0.5, 0.6) is 0 Å². The summed E-state index contributed by atoms with van der Waals surface area (Å²) >= 11 is 0. The molecule has 0 radical (unpaired) electrons. The summed E-state index contributed by atoms with van der Waals surface area (Å²) in [4.78, 5) is 13.2. The topological polar surface area (TPSA) is 67.7 Å². The molecule has 0 spiro atoms. The molecule has 3 atom stereocenters. The Kier molecular flexibility index (Phi) is 5.02. The van der Waals surface area contributed by atoms with Gasteiger partial charge in [0.25, 0.3) is 5.91 Å². The van der Waals surface area contributed by atoms with Gasteiger partial charge in [-0.25, -0.2) is 8.42 Å². The van der Waals surface area contributed by atoms with E-state index >= 15 is 0 Å². The van der Waals surface area contributed by atoms with Crippen LogP contribution < -0.4 is 10.2 Å². The van der Waals surface area contributed by atoms with Gasteiger partial charge in [-0.05, 0) is 11.1 Å². The molecule has 4 rings (SSSR count). The van der Waals surface area contributed by atoms with Crippen molar-refractivity contribution in [3.63, 3.8) is 0 Å². The number of rotatable bonds is 5. The first-order valence-electron chi connectivity index (χ1n) is 9.46. The fourth-order valence-corrected chi connectivity index (χ4v) is 6.50. The minimum absolute atomic E-state index is 0.0279. The van der Waals surface area contributed by atoms with Crippen LogP contribution in [0.25, 0.3) is 0 Å². The smallest absolute Gasteiger partial charge is 0.275 e. The SMILES string of the molecule is O=C1C[NH+](CCC(c2ccccc2)c2ccccc2)[C@H]2CS(=O)(=O)C[C@@H]2N1. The van der Waals surface area contributed by atoms with Crippen molar-refractivity contribution in [3.8, 4) is 0 Å². The fraction of sp³-hybridized carbons (Fsp3) is 0.381. The molecule has 2 heterocycles. The summed E-state index contributed by atoms with van der Waals surface area (Å²) in [6, 6.07) is 20.5. The van der Waals surface area contributed by atoms with E-state index in [-0.39, 0.29) is 35.4 Å². The van der Waals surface area contributed by atoms with Gasteiger partial charge in [-0.2, -0.15) is 0 Å². The monoisotopic (exact) mass is 385 g/mol. The molecule has 0 bridgehead atoms. The molecule has 0 aromatic heterocycles. The number of carbonyl (C=O) groups excluding carboxylic acids is 1. The zero-order chi connectivity index (χ0) is 18.9. The van der Waals surface area contributed by atoms with Gasteiger partial charge in [-0.1, -0.05) is 60.7 Å². The summed E-state index contributed by atoms with van der Waals surface area (Å²) in [6.45, 7) is 1.13. The molecular formula is C21H25N2O3S+. The van der Waals surface area contributed by atoms with Gasteiger partial charge in [0, 0.05) is 12.3 Å². The molecule has 2 fully saturated rings. The Balaban J connectivity index is 1.54. The van der Waals surface area contributed by atoms with Gasteiger partial charge in [-0.3, -0.25) is 4.79 Å². The highest BCUT2D eigenvalue weighted by molar-refractivity contribution is 7.91. The predicted molar refractivity (Wildman–Crippen MR) is 104 cm³/mol. The zero-order valence-corrected chi connectivity index (χ0v) is 16.0. The number of nitrogens with one attached hydrogen (secondary N) is 2. The number of carbonyl (C=O) groups is 1. The van der Waals surface area contributed by atoms with Crippen LogP contribution in [0.2, 0.25) is 0 Å². The molecule has 0 saturated carbocycles. The lowest BCUT2D eigenvalue weighted by molar-refractivity contribution is -0.918. The lowest BCUT2D eigenvalue weighted by atomic mass is 9.88. The Labute approximate surface area is 160 Å². The van der Waals surface area contributed by atoms with E-state index in [9.17, 15) is 13.2 Å². The standard InChI is InChI=1S/C21H24N2O3S/c24-21-13-23(20-15-27(25,26)14-19(20)22-21)12-11-18(16-7-3-1-4-8-16)17-9-5-2-6-10-17/h1-10,18-20H,11-15H2,(H,22,24)/p+1/t19-,20-/m0/s1. The minimum atomic E-state index is -3.06. The van der Waals surface area contributed by atoms with Gasteiger partial charge < -0.3 is 10.2 Å². The maximum atomic E-state index is 12.1. The maximum absolute atomic E-state index is 12.1. The number of hydrogen-bond acceptors (Lipinski definition) is 3. The van der Waals surface area contributed by atoms with Crippen molar-refractivity contribution in [1.82, 2.24) is 5.32 Å². The van der Waals surface area contributed by atoms with Crippen LogP contribution in [-0.4, -0.2) is 51.0 Å². The zero-order valence-electron chi connectivity index (χ0n) is 15.2. The highest BCUT2D eigenvalue weighted by atomic mass is 32.2. The maximum Gasteiger partial charge on any atom is 0.275 e. The second-order valence-electron chi connectivity index (χ2n) is 7.61. The van der Waals surface area contributed by atoms with Crippen molar-refractivity contribution in [2.45, 2.75) is 24.4 Å². The van der Waals surface area contributed by atoms with E-state index < -0.39 is 9.84 Å². The third-order valence-electron chi connectivity index (χ3n) is 5.77. The van der Waals surface area contributed by atoms with E-state index in [0.717, 1.165) is 17.9 Å². The van der Waals surface area contributed by atoms with E-state index in [1.807, 2.05) is 36.4 Å². The molecule has 6 heteroatoms. The van der Waals surface area contributed by atoms with E-state index in [2.05, 4.69) is 29.6 Å². The highest BCUT2D eigenvalue weighted by Crippen LogP contribution is 2.27. The number of benzene rings is 2. The Bertz CT molecular complexity index is 860. The Hall–Kier alpha value is -2.18. The first-order valence-corrected chi connectivity index (χ1v) is 11.3. The molecule has 0 aliphatic carbocycles. The molecule has 2 aromatic carbocycles. The number of amides is 1. The summed E-state index contributed by atoms with van der Waals surface area (Å²) in [5.41, 5.74) is 2.50. The Morgan fingerprint density at radius 2 is 1.56 bits per heavy atom. The van der Waals surface area contributed by atoms with Gasteiger partial charge in [-0.15, -0.1) is 0 Å². The van der Waals surface area contributed by atoms with Crippen LogP contribution in [0.3, 0.4) is 0 Å². The van der Waals surface area contributed by atoms with Crippen LogP contribution in [-0.2, 0) is 14.6 Å². The van der Waals surface area contributed by atoms with Crippen molar-refractivity contribution < 1.29 is 18.1 Å². The molecule has 1 amide bonds. The van der Waals surface area contributed by atoms with E-state index in [1.165, 1.54) is 11.1 Å². The lowest BCUT2D eigenvalue weighted by Gasteiger charge is -2.34. The highest BCUT2D eigenvalue weighted by Gasteiger charge is 2.48. The largest absolute Gasteiger partial charge is 0.341 e. The summed E-state index contributed by atoms with van der Waals surface area (Å²) in [7, 11) is -3.06. The van der Waals surface area contributed by atoms with E-state index in [1.54, 1.807) is 0 Å². The van der Waals surface area contributed by atoms with Crippen molar-refractivity contribution in [3.05, 3.63) is 71.8 Å². The van der Waals surface area contributed by atoms with Crippen molar-refractivity contribution in [1.29, 1.82) is 0 Å². The molecule has 5 nitrogen and oxygen atoms in total. The summed E-state index contributed by atoms with van der Waals surface area (Å²) in [5, 5.41) is 2.88. The average molecular weight is 386 g/mol. The molecule has 142 valence electrons. The molecule has 2 aromatic rings. The minimum Gasteiger partial charge on any atom is -0.341 e. The molecule has 2 saturated heterocycles. The fourth-order valence-electron chi connectivity index (χ4n) is 4.49. The van der Waals surface area contributed by atoms with Crippen molar-refractivity contribution in [2.24, 2.45) is 0 Å². The predicted octanol–water partition coefficient (Wildman–Crippen LogP) is 0.389. The molecular weight excluding hydrogens is 360 g/mol. The molecule has 2 aliphatic rings. The summed E-state index contributed by atoms with van der Waals surface area (Å²) in [6.07, 6.45) is 0.875. The van der Waals surface area contributed by atoms with Crippen LogP contribution in [0.15, 0.2) is 60.7 Å². The van der Waals surface area contributed by atoms with Gasteiger partial charge in [0.2, 0.25) is 0 Å². The third-order valence-corrected chi connectivity index (χ3v) is 7.50. The number of sulfone groups is 1.